The number of ether oxygens (including phenoxy) is 4. The molecule has 0 unspecified atom stereocenters. The predicted octanol–water partition coefficient (Wildman–Crippen LogP) is 7.55. The van der Waals surface area contributed by atoms with Gasteiger partial charge in [0, 0.05) is 17.5 Å². The average molecular weight is 711 g/mol. The first-order chi connectivity index (χ1) is 25.0. The molecule has 0 radical (unpaired) electrons. The minimum Gasteiger partial charge on any atom is -0.497 e. The van der Waals surface area contributed by atoms with Crippen LogP contribution in [0.5, 0.6) is 17.4 Å². The molecule has 12 heteroatoms. The van der Waals surface area contributed by atoms with Gasteiger partial charge in [-0.3, -0.25) is 0 Å². The Balaban J connectivity index is 1.51. The zero-order chi connectivity index (χ0) is 36.9. The third-order valence-electron chi connectivity index (χ3n) is 8.82. The molecule has 1 N–H and O–H groups in total. The van der Waals surface area contributed by atoms with Crippen LogP contribution in [0.4, 0.5) is 17.6 Å². The molecule has 1 aliphatic heterocycles. The number of amidine groups is 1. The van der Waals surface area contributed by atoms with E-state index in [1.165, 1.54) is 52.8 Å². The highest BCUT2D eigenvalue weighted by Gasteiger charge is 2.51. The first-order valence-electron chi connectivity index (χ1n) is 16.1. The number of nitrogens with one attached hydrogen (secondary N) is 1. The van der Waals surface area contributed by atoms with Crippen LogP contribution in [-0.2, 0) is 15.8 Å². The molecule has 8 nitrogen and oxygen atoms in total. The first-order valence-corrected chi connectivity index (χ1v) is 16.1. The summed E-state index contributed by atoms with van der Waals surface area (Å²) < 4.78 is 81.4. The molecule has 266 valence electrons. The molecule has 1 aromatic heterocycles. The van der Waals surface area contributed by atoms with Crippen LogP contribution < -0.4 is 19.5 Å². The SMILES string of the molecule is COc1ccc(C(NC2=N[C@](C)(c3cc(C#Cc4cnc(OC)cn4)ccc3F)C[C@@H](C(F)(F)F)O2)(c2ccccc2)c2ccc(OC)cc2)cc1. The number of rotatable bonds is 8. The third-order valence-corrected chi connectivity index (χ3v) is 8.82. The molecule has 0 aliphatic carbocycles. The van der Waals surface area contributed by atoms with Gasteiger partial charge in [0.25, 0.3) is 6.02 Å². The summed E-state index contributed by atoms with van der Waals surface area (Å²) in [4.78, 5) is 13.0. The maximum Gasteiger partial charge on any atom is 0.425 e. The summed E-state index contributed by atoms with van der Waals surface area (Å²) in [6.45, 7) is 1.45. The first kappa shape index (κ1) is 35.7. The van der Waals surface area contributed by atoms with Gasteiger partial charge in [0.15, 0.2) is 6.10 Å². The average Bonchev–Trinajstić information content (AvgIpc) is 3.16. The van der Waals surface area contributed by atoms with E-state index in [0.29, 0.717) is 45.3 Å². The van der Waals surface area contributed by atoms with Crippen molar-refractivity contribution < 1.29 is 36.5 Å². The minimum atomic E-state index is -4.82. The molecule has 52 heavy (non-hydrogen) atoms. The third kappa shape index (κ3) is 7.35. The van der Waals surface area contributed by atoms with Crippen molar-refractivity contribution in [3.8, 4) is 29.2 Å². The zero-order valence-electron chi connectivity index (χ0n) is 28.7. The van der Waals surface area contributed by atoms with Gasteiger partial charge in [0.2, 0.25) is 5.88 Å². The van der Waals surface area contributed by atoms with Crippen LogP contribution in [0.3, 0.4) is 0 Å². The van der Waals surface area contributed by atoms with Crippen molar-refractivity contribution in [3.63, 3.8) is 0 Å². The molecule has 5 aromatic rings. The lowest BCUT2D eigenvalue weighted by Gasteiger charge is -2.42. The van der Waals surface area contributed by atoms with E-state index in [1.807, 2.05) is 54.6 Å². The maximum atomic E-state index is 15.8. The molecule has 4 aromatic carbocycles. The van der Waals surface area contributed by atoms with Crippen molar-refractivity contribution >= 4 is 6.02 Å². The van der Waals surface area contributed by atoms with Crippen molar-refractivity contribution in [2.45, 2.75) is 36.7 Å². The fourth-order valence-corrected chi connectivity index (χ4v) is 6.13. The van der Waals surface area contributed by atoms with E-state index < -0.39 is 41.6 Å². The van der Waals surface area contributed by atoms with Crippen LogP contribution in [0, 0.1) is 17.7 Å². The fraction of sp³-hybridized carbons (Fsp3) is 0.225. The van der Waals surface area contributed by atoms with Crippen molar-refractivity contribution in [3.05, 3.63) is 149 Å². The van der Waals surface area contributed by atoms with E-state index in [4.69, 9.17) is 23.9 Å². The summed E-state index contributed by atoms with van der Waals surface area (Å²) in [5.41, 5.74) is -0.601. The lowest BCUT2D eigenvalue weighted by Crippen LogP contribution is -2.54. The van der Waals surface area contributed by atoms with Crippen LogP contribution >= 0.6 is 0 Å². The number of aliphatic imine (C=N–C) groups is 1. The summed E-state index contributed by atoms with van der Waals surface area (Å²) in [6, 6.07) is 27.0. The molecule has 0 saturated heterocycles. The molecule has 0 fully saturated rings. The van der Waals surface area contributed by atoms with E-state index in [9.17, 15) is 13.2 Å². The Morgan fingerprint density at radius 2 is 1.38 bits per heavy atom. The Morgan fingerprint density at radius 3 is 1.92 bits per heavy atom. The van der Waals surface area contributed by atoms with Crippen LogP contribution in [0.1, 0.15) is 46.9 Å². The Kier molecular flexibility index (Phi) is 10.1. The number of aromatic nitrogens is 2. The predicted molar refractivity (Wildman–Crippen MR) is 187 cm³/mol. The quantitative estimate of drug-likeness (QED) is 0.101. The van der Waals surface area contributed by atoms with Crippen LogP contribution in [0.25, 0.3) is 0 Å². The van der Waals surface area contributed by atoms with Crippen LogP contribution in [-0.4, -0.2) is 49.6 Å². The molecule has 6 rings (SSSR count). The van der Waals surface area contributed by atoms with Gasteiger partial charge in [-0.15, -0.1) is 0 Å². The highest BCUT2D eigenvalue weighted by atomic mass is 19.4. The highest BCUT2D eigenvalue weighted by Crippen LogP contribution is 2.44. The van der Waals surface area contributed by atoms with Gasteiger partial charge >= 0.3 is 6.18 Å². The second kappa shape index (κ2) is 14.6. The molecular formula is C40H34F4N4O4. The normalized spacial score (nSPS) is 17.2. The molecular weight excluding hydrogens is 676 g/mol. The van der Waals surface area contributed by atoms with Crippen LogP contribution in [0.2, 0.25) is 0 Å². The largest absolute Gasteiger partial charge is 0.497 e. The molecule has 2 heterocycles. The van der Waals surface area contributed by atoms with Gasteiger partial charge in [0.1, 0.15) is 28.5 Å². The van der Waals surface area contributed by atoms with Crippen molar-refractivity contribution in [2.24, 2.45) is 4.99 Å². The number of nitrogens with zero attached hydrogens (tertiary/aromatic N) is 3. The summed E-state index contributed by atoms with van der Waals surface area (Å²) in [7, 11) is 4.53. The van der Waals surface area contributed by atoms with E-state index in [-0.39, 0.29) is 5.56 Å². The standard InChI is InChI=1S/C40H34F4N4O4/c1-38(33-22-26(11-21-34(33)41)10-16-30-24-46-36(51-4)25-45-30)23-35(40(42,43)44)52-37(47-38)48-39(27-8-6-5-7-9-27,28-12-17-31(49-2)18-13-28)29-14-19-32(50-3)20-15-29/h5-9,11-15,17-22,24-25,35H,23H2,1-4H3,(H,47,48)/t35-,38-/m0/s1. The fourth-order valence-electron chi connectivity index (χ4n) is 6.13. The van der Waals surface area contributed by atoms with Gasteiger partial charge in [0.05, 0.1) is 39.3 Å². The van der Waals surface area contributed by atoms with Gasteiger partial charge < -0.3 is 24.3 Å². The van der Waals surface area contributed by atoms with Gasteiger partial charge in [-0.25, -0.2) is 19.4 Å². The second-order valence-electron chi connectivity index (χ2n) is 12.1. The number of methoxy groups -OCH3 is 3. The summed E-state index contributed by atoms with van der Waals surface area (Å²) in [5, 5.41) is 3.28. The summed E-state index contributed by atoms with van der Waals surface area (Å²) in [5.74, 6) is 6.46. The smallest absolute Gasteiger partial charge is 0.425 e. The topological polar surface area (TPSA) is 87.1 Å². The van der Waals surface area contributed by atoms with Crippen molar-refractivity contribution in [1.29, 1.82) is 0 Å². The van der Waals surface area contributed by atoms with Gasteiger partial charge in [-0.05, 0) is 72.0 Å². The lowest BCUT2D eigenvalue weighted by atomic mass is 9.77. The Bertz CT molecular complexity index is 2050. The number of hydrogen-bond acceptors (Lipinski definition) is 8. The monoisotopic (exact) mass is 710 g/mol. The van der Waals surface area contributed by atoms with Gasteiger partial charge in [-0.1, -0.05) is 60.5 Å². The molecule has 2 atom stereocenters. The zero-order valence-corrected chi connectivity index (χ0v) is 28.7. The Morgan fingerprint density at radius 1 is 0.769 bits per heavy atom. The maximum absolute atomic E-state index is 15.8. The Hall–Kier alpha value is -6.09. The lowest BCUT2D eigenvalue weighted by molar-refractivity contribution is -0.209. The summed E-state index contributed by atoms with van der Waals surface area (Å²) in [6.07, 6.45) is -5.03. The molecule has 0 amide bonds. The number of benzene rings is 4. The number of alkyl halides is 3. The van der Waals surface area contributed by atoms with Crippen LogP contribution in [0.15, 0.2) is 114 Å². The van der Waals surface area contributed by atoms with E-state index in [2.05, 4.69) is 27.1 Å². The molecule has 0 saturated carbocycles. The number of halogens is 4. The van der Waals surface area contributed by atoms with E-state index >= 15 is 4.39 Å². The molecule has 0 bridgehead atoms. The minimum absolute atomic E-state index is 0.0869. The Labute approximate surface area is 298 Å². The molecule has 1 aliphatic rings. The van der Waals surface area contributed by atoms with Crippen molar-refractivity contribution in [2.75, 3.05) is 21.3 Å². The van der Waals surface area contributed by atoms with Crippen molar-refractivity contribution in [1.82, 2.24) is 15.3 Å². The summed E-state index contributed by atoms with van der Waals surface area (Å²) >= 11 is 0. The second-order valence-corrected chi connectivity index (χ2v) is 12.1. The molecule has 0 spiro atoms. The number of hydrogen-bond donors (Lipinski definition) is 1. The van der Waals surface area contributed by atoms with E-state index in [0.717, 1.165) is 6.07 Å². The van der Waals surface area contributed by atoms with Gasteiger partial charge in [-0.2, -0.15) is 13.2 Å². The highest BCUT2D eigenvalue weighted by molar-refractivity contribution is 5.79. The van der Waals surface area contributed by atoms with E-state index in [1.54, 1.807) is 24.3 Å².